The lowest BCUT2D eigenvalue weighted by Gasteiger charge is -2.28. The van der Waals surface area contributed by atoms with E-state index < -0.39 is 11.8 Å². The molecule has 0 radical (unpaired) electrons. The van der Waals surface area contributed by atoms with E-state index in [9.17, 15) is 10.1 Å². The minimum absolute atomic E-state index is 0.289. The highest BCUT2D eigenvalue weighted by atomic mass is 16.5. The summed E-state index contributed by atoms with van der Waals surface area (Å²) in [5.41, 5.74) is 1.69. The monoisotopic (exact) mass is 403 g/mol. The molecule has 1 amide bonds. The number of hydrogen-bond donors (Lipinski definition) is 1. The number of morpholine rings is 1. The highest BCUT2D eigenvalue weighted by Gasteiger charge is 2.30. The second-order valence-corrected chi connectivity index (χ2v) is 6.76. The molecule has 1 atom stereocenters. The van der Waals surface area contributed by atoms with Crippen LogP contribution in [0.1, 0.15) is 17.3 Å². The summed E-state index contributed by atoms with van der Waals surface area (Å²) in [4.78, 5) is 18.9. The van der Waals surface area contributed by atoms with Gasteiger partial charge in [0.1, 0.15) is 0 Å². The van der Waals surface area contributed by atoms with Gasteiger partial charge in [-0.3, -0.25) is 14.3 Å². The highest BCUT2D eigenvalue weighted by molar-refractivity contribution is 5.85. The molecule has 0 aliphatic carbocycles. The molecule has 3 heterocycles. The number of ether oxygens (including phenoxy) is 1. The van der Waals surface area contributed by atoms with Crippen LogP contribution in [-0.4, -0.2) is 52.0 Å². The fourth-order valence-corrected chi connectivity index (χ4v) is 3.29. The van der Waals surface area contributed by atoms with Crippen molar-refractivity contribution >= 4 is 11.9 Å². The SMILES string of the molecule is N#CC(C(=O)NCc1ccncc1)c1nnc(N2CCOCC2)n1-c1ccccc1. The molecular weight excluding hydrogens is 382 g/mol. The van der Waals surface area contributed by atoms with Crippen molar-refractivity contribution in [1.82, 2.24) is 25.1 Å². The van der Waals surface area contributed by atoms with E-state index in [0.717, 1.165) is 11.3 Å². The molecule has 152 valence electrons. The molecular formula is C21H21N7O2. The Kier molecular flexibility index (Phi) is 5.96. The summed E-state index contributed by atoms with van der Waals surface area (Å²) in [6.07, 6.45) is 3.31. The summed E-state index contributed by atoms with van der Waals surface area (Å²) in [5, 5.41) is 21.2. The Morgan fingerprint density at radius 1 is 1.13 bits per heavy atom. The number of para-hydroxylation sites is 1. The lowest BCUT2D eigenvalue weighted by atomic mass is 10.1. The number of carbonyl (C=O) groups is 1. The number of nitrogens with zero attached hydrogens (tertiary/aromatic N) is 6. The van der Waals surface area contributed by atoms with Gasteiger partial charge in [-0.15, -0.1) is 10.2 Å². The van der Waals surface area contributed by atoms with Crippen molar-refractivity contribution in [3.05, 3.63) is 66.2 Å². The maximum Gasteiger partial charge on any atom is 0.245 e. The molecule has 3 aromatic rings. The van der Waals surface area contributed by atoms with E-state index in [4.69, 9.17) is 4.74 Å². The molecule has 0 saturated carbocycles. The van der Waals surface area contributed by atoms with E-state index in [0.29, 0.717) is 38.8 Å². The lowest BCUT2D eigenvalue weighted by molar-refractivity contribution is -0.121. The van der Waals surface area contributed by atoms with Crippen LogP contribution in [-0.2, 0) is 16.1 Å². The molecule has 1 aromatic carbocycles. The van der Waals surface area contributed by atoms with Crippen LogP contribution in [0.5, 0.6) is 0 Å². The van der Waals surface area contributed by atoms with Gasteiger partial charge in [0.25, 0.3) is 0 Å². The number of amides is 1. The molecule has 0 bridgehead atoms. The average molecular weight is 403 g/mol. The molecule has 1 unspecified atom stereocenters. The summed E-state index contributed by atoms with van der Waals surface area (Å²) < 4.78 is 7.22. The number of nitrogens with one attached hydrogen (secondary N) is 1. The van der Waals surface area contributed by atoms with Crippen molar-refractivity contribution in [2.75, 3.05) is 31.2 Å². The van der Waals surface area contributed by atoms with Gasteiger partial charge in [-0.1, -0.05) is 18.2 Å². The molecule has 1 aliphatic heterocycles. The molecule has 4 rings (SSSR count). The number of benzene rings is 1. The van der Waals surface area contributed by atoms with Crippen LogP contribution < -0.4 is 10.2 Å². The van der Waals surface area contributed by atoms with E-state index in [-0.39, 0.29) is 5.82 Å². The van der Waals surface area contributed by atoms with E-state index in [1.54, 1.807) is 17.0 Å². The Balaban J connectivity index is 1.65. The van der Waals surface area contributed by atoms with E-state index >= 15 is 0 Å². The van der Waals surface area contributed by atoms with Crippen LogP contribution in [0, 0.1) is 11.3 Å². The normalized spacial score (nSPS) is 14.7. The van der Waals surface area contributed by atoms with Crippen LogP contribution in [0.2, 0.25) is 0 Å². The minimum atomic E-state index is -1.10. The van der Waals surface area contributed by atoms with Gasteiger partial charge in [-0.25, -0.2) is 0 Å². The number of rotatable bonds is 6. The van der Waals surface area contributed by atoms with Crippen molar-refractivity contribution in [2.45, 2.75) is 12.5 Å². The maximum absolute atomic E-state index is 12.9. The van der Waals surface area contributed by atoms with Gasteiger partial charge in [0.05, 0.1) is 25.0 Å². The Bertz CT molecular complexity index is 1020. The molecule has 1 aliphatic rings. The number of pyridine rings is 1. The quantitative estimate of drug-likeness (QED) is 0.663. The molecule has 1 fully saturated rings. The van der Waals surface area contributed by atoms with Gasteiger partial charge < -0.3 is 15.0 Å². The topological polar surface area (TPSA) is 109 Å². The molecule has 30 heavy (non-hydrogen) atoms. The minimum Gasteiger partial charge on any atom is -0.378 e. The lowest BCUT2D eigenvalue weighted by Crippen LogP contribution is -2.38. The third kappa shape index (κ3) is 4.14. The molecule has 2 aromatic heterocycles. The van der Waals surface area contributed by atoms with Crippen LogP contribution in [0.3, 0.4) is 0 Å². The van der Waals surface area contributed by atoms with Crippen molar-refractivity contribution in [3.8, 4) is 11.8 Å². The highest BCUT2D eigenvalue weighted by Crippen LogP contribution is 2.25. The van der Waals surface area contributed by atoms with Crippen LogP contribution >= 0.6 is 0 Å². The van der Waals surface area contributed by atoms with Crippen molar-refractivity contribution in [3.63, 3.8) is 0 Å². The van der Waals surface area contributed by atoms with Crippen LogP contribution in [0.4, 0.5) is 5.95 Å². The first-order valence-electron chi connectivity index (χ1n) is 9.67. The predicted molar refractivity (Wildman–Crippen MR) is 109 cm³/mol. The average Bonchev–Trinajstić information content (AvgIpc) is 3.25. The largest absolute Gasteiger partial charge is 0.378 e. The third-order valence-corrected chi connectivity index (χ3v) is 4.84. The molecule has 1 saturated heterocycles. The maximum atomic E-state index is 12.9. The zero-order valence-electron chi connectivity index (χ0n) is 16.3. The van der Waals surface area contributed by atoms with Crippen molar-refractivity contribution in [1.29, 1.82) is 5.26 Å². The summed E-state index contributed by atoms with van der Waals surface area (Å²) >= 11 is 0. The smallest absolute Gasteiger partial charge is 0.245 e. The molecule has 0 spiro atoms. The summed E-state index contributed by atoms with van der Waals surface area (Å²) in [6, 6.07) is 15.2. The Morgan fingerprint density at radius 3 is 2.57 bits per heavy atom. The molecule has 9 heteroatoms. The first-order valence-corrected chi connectivity index (χ1v) is 9.67. The Hall–Kier alpha value is -3.77. The summed E-state index contributed by atoms with van der Waals surface area (Å²) in [7, 11) is 0. The Morgan fingerprint density at radius 2 is 1.87 bits per heavy atom. The second kappa shape index (κ2) is 9.15. The Labute approximate surface area is 173 Å². The van der Waals surface area contributed by atoms with Gasteiger partial charge in [0, 0.05) is 32.0 Å². The van der Waals surface area contributed by atoms with Gasteiger partial charge in [0.2, 0.25) is 11.9 Å². The van der Waals surface area contributed by atoms with Gasteiger partial charge in [-0.05, 0) is 29.8 Å². The summed E-state index contributed by atoms with van der Waals surface area (Å²) in [6.45, 7) is 2.80. The van der Waals surface area contributed by atoms with Gasteiger partial charge in [0.15, 0.2) is 11.7 Å². The van der Waals surface area contributed by atoms with Gasteiger partial charge >= 0.3 is 0 Å². The van der Waals surface area contributed by atoms with Crippen molar-refractivity contribution in [2.24, 2.45) is 0 Å². The van der Waals surface area contributed by atoms with Crippen LogP contribution in [0.15, 0.2) is 54.9 Å². The van der Waals surface area contributed by atoms with E-state index in [1.165, 1.54) is 0 Å². The predicted octanol–water partition coefficient (Wildman–Crippen LogP) is 1.42. The number of aromatic nitrogens is 4. The second-order valence-electron chi connectivity index (χ2n) is 6.76. The zero-order valence-corrected chi connectivity index (χ0v) is 16.3. The fourth-order valence-electron chi connectivity index (χ4n) is 3.29. The van der Waals surface area contributed by atoms with E-state index in [2.05, 4.69) is 31.5 Å². The number of hydrogen-bond acceptors (Lipinski definition) is 7. The van der Waals surface area contributed by atoms with Gasteiger partial charge in [-0.2, -0.15) is 5.26 Å². The number of nitriles is 1. The van der Waals surface area contributed by atoms with Crippen molar-refractivity contribution < 1.29 is 9.53 Å². The first kappa shape index (κ1) is 19.5. The summed E-state index contributed by atoms with van der Waals surface area (Å²) in [5.74, 6) is -0.638. The number of anilines is 1. The molecule has 9 nitrogen and oxygen atoms in total. The molecule has 1 N–H and O–H groups in total. The van der Waals surface area contributed by atoms with Crippen LogP contribution in [0.25, 0.3) is 5.69 Å². The first-order chi connectivity index (χ1) is 14.8. The zero-order chi connectivity index (χ0) is 20.8. The standard InChI is InChI=1S/C21H21N7O2/c22-14-18(20(29)24-15-16-6-8-23-9-7-16)19-25-26-21(27-10-12-30-13-11-27)28(19)17-4-2-1-3-5-17/h1-9,18H,10-13,15H2,(H,24,29). The third-order valence-electron chi connectivity index (χ3n) is 4.84. The fraction of sp³-hybridized carbons (Fsp3) is 0.286. The van der Waals surface area contributed by atoms with E-state index in [1.807, 2.05) is 42.5 Å². The number of carbonyl (C=O) groups excluding carboxylic acids is 1.